The molecule has 1 aliphatic rings. The average molecular weight is 161 g/mol. The summed E-state index contributed by atoms with van der Waals surface area (Å²) in [6.07, 6.45) is 0. The summed E-state index contributed by atoms with van der Waals surface area (Å²) in [7, 11) is 0. The van der Waals surface area contributed by atoms with Crippen molar-refractivity contribution in [3.63, 3.8) is 0 Å². The standard InChI is InChI=1S/C8H7N3O/c12-7(9-8-10-11-8)6-4-2-1-3-5-6/h1-5H,(H2,9,10,11,12). The van der Waals surface area contributed by atoms with E-state index < -0.39 is 0 Å². The van der Waals surface area contributed by atoms with Gasteiger partial charge in [-0.15, -0.1) is 5.10 Å². The molecular formula is C8H7N3O. The molecule has 60 valence electrons. The molecule has 0 saturated heterocycles. The molecule has 0 spiro atoms. The molecule has 0 aromatic heterocycles. The third-order valence-corrected chi connectivity index (χ3v) is 1.49. The molecule has 1 amide bonds. The number of hydrazone groups is 1. The normalized spacial score (nSPS) is 12.8. The third-order valence-electron chi connectivity index (χ3n) is 1.49. The SMILES string of the molecule is O=C(NC1=NN1)c1ccccc1. The highest BCUT2D eigenvalue weighted by molar-refractivity contribution is 6.08. The van der Waals surface area contributed by atoms with Crippen LogP contribution in [0.25, 0.3) is 0 Å². The Morgan fingerprint density at radius 2 is 2.00 bits per heavy atom. The number of carbonyl (C=O) groups excluding carboxylic acids is 1. The van der Waals surface area contributed by atoms with Crippen LogP contribution in [0.5, 0.6) is 0 Å². The van der Waals surface area contributed by atoms with Crippen molar-refractivity contribution in [3.8, 4) is 0 Å². The number of benzene rings is 1. The van der Waals surface area contributed by atoms with Crippen LogP contribution < -0.4 is 10.7 Å². The van der Waals surface area contributed by atoms with Gasteiger partial charge in [-0.1, -0.05) is 18.2 Å². The molecule has 0 unspecified atom stereocenters. The molecule has 0 radical (unpaired) electrons. The van der Waals surface area contributed by atoms with Crippen molar-refractivity contribution in [2.24, 2.45) is 5.10 Å². The molecule has 0 aliphatic carbocycles. The second-order valence-corrected chi connectivity index (χ2v) is 2.39. The maximum absolute atomic E-state index is 11.3. The lowest BCUT2D eigenvalue weighted by molar-refractivity contribution is 0.0977. The van der Waals surface area contributed by atoms with Gasteiger partial charge in [0.25, 0.3) is 5.91 Å². The van der Waals surface area contributed by atoms with Gasteiger partial charge < -0.3 is 0 Å². The van der Waals surface area contributed by atoms with E-state index in [0.29, 0.717) is 11.5 Å². The number of rotatable bonds is 1. The van der Waals surface area contributed by atoms with Gasteiger partial charge in [-0.2, -0.15) is 0 Å². The molecule has 4 nitrogen and oxygen atoms in total. The molecule has 1 aromatic rings. The van der Waals surface area contributed by atoms with Crippen LogP contribution in [0.2, 0.25) is 0 Å². The molecule has 12 heavy (non-hydrogen) atoms. The number of nitrogens with one attached hydrogen (secondary N) is 2. The summed E-state index contributed by atoms with van der Waals surface area (Å²) in [5.41, 5.74) is 3.18. The Morgan fingerprint density at radius 3 is 2.58 bits per heavy atom. The second kappa shape index (κ2) is 2.65. The summed E-state index contributed by atoms with van der Waals surface area (Å²) in [4.78, 5) is 11.3. The molecule has 1 aliphatic heterocycles. The van der Waals surface area contributed by atoms with Crippen molar-refractivity contribution in [2.45, 2.75) is 0 Å². The average Bonchev–Trinajstić information content (AvgIpc) is 2.90. The lowest BCUT2D eigenvalue weighted by Crippen LogP contribution is -2.27. The number of hydrogen-bond acceptors (Lipinski definition) is 3. The van der Waals surface area contributed by atoms with E-state index in [1.54, 1.807) is 12.1 Å². The Balaban J connectivity index is 2.08. The Bertz CT molecular complexity index is 331. The zero-order valence-corrected chi connectivity index (χ0v) is 6.24. The van der Waals surface area contributed by atoms with Crippen LogP contribution in [-0.4, -0.2) is 11.9 Å². The first-order valence-corrected chi connectivity index (χ1v) is 3.56. The predicted octanol–water partition coefficient (Wildman–Crippen LogP) is 0.291. The van der Waals surface area contributed by atoms with Crippen LogP contribution >= 0.6 is 0 Å². The summed E-state index contributed by atoms with van der Waals surface area (Å²) in [6, 6.07) is 8.99. The minimum absolute atomic E-state index is 0.139. The van der Waals surface area contributed by atoms with Crippen molar-refractivity contribution in [2.75, 3.05) is 0 Å². The molecule has 0 atom stereocenters. The summed E-state index contributed by atoms with van der Waals surface area (Å²) in [6.45, 7) is 0. The van der Waals surface area contributed by atoms with Gasteiger partial charge in [0.1, 0.15) is 0 Å². The fourth-order valence-corrected chi connectivity index (χ4v) is 0.853. The second-order valence-electron chi connectivity index (χ2n) is 2.39. The fourth-order valence-electron chi connectivity index (χ4n) is 0.853. The van der Waals surface area contributed by atoms with Crippen LogP contribution in [0.3, 0.4) is 0 Å². The predicted molar refractivity (Wildman–Crippen MR) is 44.5 cm³/mol. The van der Waals surface area contributed by atoms with Crippen molar-refractivity contribution in [1.82, 2.24) is 10.7 Å². The molecule has 2 rings (SSSR count). The Hall–Kier alpha value is -1.84. The van der Waals surface area contributed by atoms with Crippen molar-refractivity contribution >= 4 is 11.9 Å². The van der Waals surface area contributed by atoms with E-state index in [9.17, 15) is 4.79 Å². The molecule has 1 aromatic carbocycles. The van der Waals surface area contributed by atoms with E-state index in [2.05, 4.69) is 15.8 Å². The van der Waals surface area contributed by atoms with Gasteiger partial charge >= 0.3 is 0 Å². The maximum Gasteiger partial charge on any atom is 0.258 e. The van der Waals surface area contributed by atoms with Gasteiger partial charge in [-0.3, -0.25) is 10.1 Å². The first-order valence-electron chi connectivity index (χ1n) is 3.56. The van der Waals surface area contributed by atoms with Gasteiger partial charge in [-0.25, -0.2) is 5.43 Å². The Morgan fingerprint density at radius 1 is 1.33 bits per heavy atom. The van der Waals surface area contributed by atoms with E-state index >= 15 is 0 Å². The van der Waals surface area contributed by atoms with E-state index in [1.165, 1.54) is 0 Å². The number of nitrogens with zero attached hydrogens (tertiary/aromatic N) is 1. The van der Waals surface area contributed by atoms with E-state index in [1.807, 2.05) is 18.2 Å². The van der Waals surface area contributed by atoms with Crippen molar-refractivity contribution < 1.29 is 4.79 Å². The summed E-state index contributed by atoms with van der Waals surface area (Å²) in [5.74, 6) is 0.392. The monoisotopic (exact) mass is 161 g/mol. The third kappa shape index (κ3) is 1.42. The molecule has 1 heterocycles. The molecule has 0 saturated carbocycles. The highest BCUT2D eigenvalue weighted by atomic mass is 16.2. The number of carbonyl (C=O) groups is 1. The molecular weight excluding hydrogens is 154 g/mol. The molecule has 0 fully saturated rings. The van der Waals surface area contributed by atoms with Gasteiger partial charge in [0.05, 0.1) is 0 Å². The maximum atomic E-state index is 11.3. The topological polar surface area (TPSA) is 63.4 Å². The van der Waals surface area contributed by atoms with Crippen LogP contribution in [0.4, 0.5) is 0 Å². The van der Waals surface area contributed by atoms with Crippen LogP contribution in [0.1, 0.15) is 10.4 Å². The Labute approximate surface area is 69.3 Å². The first kappa shape index (κ1) is 6.84. The van der Waals surface area contributed by atoms with Crippen molar-refractivity contribution in [3.05, 3.63) is 35.9 Å². The van der Waals surface area contributed by atoms with E-state index in [4.69, 9.17) is 0 Å². The van der Waals surface area contributed by atoms with Gasteiger partial charge in [0.15, 0.2) is 0 Å². The van der Waals surface area contributed by atoms with E-state index in [0.717, 1.165) is 0 Å². The largest absolute Gasteiger partial charge is 0.290 e. The number of guanidine groups is 1. The zero-order chi connectivity index (χ0) is 8.39. The lowest BCUT2D eigenvalue weighted by Gasteiger charge is -1.96. The van der Waals surface area contributed by atoms with Crippen LogP contribution in [-0.2, 0) is 0 Å². The van der Waals surface area contributed by atoms with Crippen LogP contribution in [0, 0.1) is 0 Å². The number of hydrogen-bond donors (Lipinski definition) is 2. The summed E-state index contributed by atoms with van der Waals surface area (Å²) >= 11 is 0. The van der Waals surface area contributed by atoms with E-state index in [-0.39, 0.29) is 5.91 Å². The highest BCUT2D eigenvalue weighted by Gasteiger charge is 2.13. The van der Waals surface area contributed by atoms with Gasteiger partial charge in [-0.05, 0) is 12.1 Å². The highest BCUT2D eigenvalue weighted by Crippen LogP contribution is 1.98. The fraction of sp³-hybridized carbons (Fsp3) is 0. The van der Waals surface area contributed by atoms with Crippen molar-refractivity contribution in [1.29, 1.82) is 0 Å². The smallest absolute Gasteiger partial charge is 0.258 e. The summed E-state index contributed by atoms with van der Waals surface area (Å²) in [5, 5.41) is 6.17. The van der Waals surface area contributed by atoms with Gasteiger partial charge in [0.2, 0.25) is 5.96 Å². The number of amides is 1. The molecule has 0 bridgehead atoms. The Kier molecular flexibility index (Phi) is 1.51. The quantitative estimate of drug-likeness (QED) is 0.621. The van der Waals surface area contributed by atoms with Gasteiger partial charge in [0, 0.05) is 5.56 Å². The lowest BCUT2D eigenvalue weighted by atomic mass is 10.2. The summed E-state index contributed by atoms with van der Waals surface area (Å²) < 4.78 is 0. The minimum atomic E-state index is -0.139. The molecule has 2 N–H and O–H groups in total. The van der Waals surface area contributed by atoms with Crippen LogP contribution in [0.15, 0.2) is 35.4 Å². The first-order chi connectivity index (χ1) is 5.86. The minimum Gasteiger partial charge on any atom is -0.290 e. The molecule has 4 heteroatoms. The zero-order valence-electron chi connectivity index (χ0n) is 6.24.